The van der Waals surface area contributed by atoms with Crippen molar-refractivity contribution in [3.05, 3.63) is 54.2 Å². The van der Waals surface area contributed by atoms with E-state index >= 15 is 0 Å². The Kier molecular flexibility index (Phi) is 6.86. The molecule has 9 nitrogen and oxygen atoms in total. The number of carboxylic acids is 1. The zero-order valence-corrected chi connectivity index (χ0v) is 14.2. The van der Waals surface area contributed by atoms with Gasteiger partial charge in [-0.3, -0.25) is 4.79 Å². The fourth-order valence-corrected chi connectivity index (χ4v) is 1.96. The Morgan fingerprint density at radius 1 is 1.46 bits per heavy atom. The molecule has 2 aromatic rings. The fourth-order valence-electron chi connectivity index (χ4n) is 1.96. The minimum Gasteiger partial charge on any atom is -0.485 e. The highest BCUT2D eigenvalue weighted by molar-refractivity contribution is 5.96. The molecule has 1 atom stereocenters. The third-order valence-electron chi connectivity index (χ3n) is 3.16. The number of nitrogens with one attached hydrogen (secondary N) is 1. The molecular weight excluding hydrogens is 342 g/mol. The summed E-state index contributed by atoms with van der Waals surface area (Å²) in [4.78, 5) is 27.5. The second-order valence-corrected chi connectivity index (χ2v) is 5.24. The lowest BCUT2D eigenvalue weighted by Crippen LogP contribution is -2.44. The van der Waals surface area contributed by atoms with Crippen LogP contribution in [0.5, 0.6) is 5.75 Å². The molecule has 1 heterocycles. The molecule has 0 bridgehead atoms. The van der Waals surface area contributed by atoms with Gasteiger partial charge in [-0.1, -0.05) is 17.3 Å². The molecular formula is C17H19N3O6. The normalized spacial score (nSPS) is 11.6. The molecule has 0 saturated carbocycles. The van der Waals surface area contributed by atoms with Crippen LogP contribution in [0.3, 0.4) is 0 Å². The summed E-state index contributed by atoms with van der Waals surface area (Å²) in [6.07, 6.45) is 1.49. The van der Waals surface area contributed by atoms with Crippen LogP contribution in [-0.4, -0.2) is 46.4 Å². The predicted molar refractivity (Wildman–Crippen MR) is 89.7 cm³/mol. The highest BCUT2D eigenvalue weighted by Gasteiger charge is 2.21. The molecule has 0 aliphatic carbocycles. The Balaban J connectivity index is 1.97. The maximum Gasteiger partial charge on any atom is 0.328 e. The number of rotatable bonds is 10. The largest absolute Gasteiger partial charge is 0.485 e. The summed E-state index contributed by atoms with van der Waals surface area (Å²) in [7, 11) is 0. The number of carbonyl (C=O) groups is 2. The van der Waals surface area contributed by atoms with Gasteiger partial charge in [0, 0.05) is 12.5 Å². The van der Waals surface area contributed by atoms with Gasteiger partial charge in [0.1, 0.15) is 5.75 Å². The Bertz CT molecular complexity index is 773. The van der Waals surface area contributed by atoms with Crippen LogP contribution in [-0.2, 0) is 16.1 Å². The number of hydrogen-bond donors (Lipinski definition) is 2. The SMILES string of the molecule is C=CCOCC(NC(=O)c1cccc(OCc2noc(C)n2)c1)C(=O)O. The number of nitrogens with zero attached hydrogens (tertiary/aromatic N) is 2. The van der Waals surface area contributed by atoms with Gasteiger partial charge in [-0.05, 0) is 18.2 Å². The molecule has 0 spiro atoms. The number of amides is 1. The smallest absolute Gasteiger partial charge is 0.328 e. The van der Waals surface area contributed by atoms with Gasteiger partial charge in [-0.15, -0.1) is 6.58 Å². The van der Waals surface area contributed by atoms with Gasteiger partial charge in [0.15, 0.2) is 12.6 Å². The lowest BCUT2D eigenvalue weighted by molar-refractivity contribution is -0.140. The number of aromatic nitrogens is 2. The first kappa shape index (κ1) is 19.1. The van der Waals surface area contributed by atoms with Gasteiger partial charge in [0.2, 0.25) is 11.7 Å². The second-order valence-electron chi connectivity index (χ2n) is 5.24. The van der Waals surface area contributed by atoms with Crippen molar-refractivity contribution in [2.75, 3.05) is 13.2 Å². The molecule has 1 amide bonds. The third kappa shape index (κ3) is 5.71. The van der Waals surface area contributed by atoms with E-state index in [2.05, 4.69) is 22.0 Å². The number of ether oxygens (including phenoxy) is 2. The van der Waals surface area contributed by atoms with Gasteiger partial charge >= 0.3 is 5.97 Å². The number of aryl methyl sites for hydroxylation is 1. The molecule has 0 fully saturated rings. The monoisotopic (exact) mass is 361 g/mol. The number of carbonyl (C=O) groups excluding carboxylic acids is 1. The topological polar surface area (TPSA) is 124 Å². The third-order valence-corrected chi connectivity index (χ3v) is 3.16. The minimum absolute atomic E-state index is 0.0789. The predicted octanol–water partition coefficient (Wildman–Crippen LogP) is 1.34. The van der Waals surface area contributed by atoms with E-state index in [1.54, 1.807) is 25.1 Å². The molecule has 0 radical (unpaired) electrons. The van der Waals surface area contributed by atoms with Crippen molar-refractivity contribution in [3.8, 4) is 5.75 Å². The summed E-state index contributed by atoms with van der Waals surface area (Å²) in [5.74, 6) is -0.532. The molecule has 2 N–H and O–H groups in total. The van der Waals surface area contributed by atoms with Crippen molar-refractivity contribution < 1.29 is 28.7 Å². The maximum atomic E-state index is 12.3. The standard InChI is InChI=1S/C17H19N3O6/c1-3-7-24-9-14(17(22)23)19-16(21)12-5-4-6-13(8-12)25-10-15-18-11(2)26-20-15/h3-6,8,14H,1,7,9-10H2,2H3,(H,19,21)(H,22,23). The van der Waals surface area contributed by atoms with Gasteiger partial charge in [0.05, 0.1) is 13.2 Å². The molecule has 9 heteroatoms. The molecule has 1 unspecified atom stereocenters. The molecule has 0 aliphatic heterocycles. The van der Waals surface area contributed by atoms with E-state index in [1.807, 2.05) is 0 Å². The first-order valence-corrected chi connectivity index (χ1v) is 7.74. The quantitative estimate of drug-likeness (QED) is 0.480. The molecule has 0 aliphatic rings. The minimum atomic E-state index is -1.19. The van der Waals surface area contributed by atoms with Crippen LogP contribution in [0, 0.1) is 6.92 Å². The number of aliphatic carboxylic acids is 1. The molecule has 26 heavy (non-hydrogen) atoms. The summed E-state index contributed by atoms with van der Waals surface area (Å²) in [5.41, 5.74) is 0.252. The summed E-state index contributed by atoms with van der Waals surface area (Å²) in [6.45, 7) is 5.24. The Labute approximate surface area is 149 Å². The molecule has 2 rings (SSSR count). The lowest BCUT2D eigenvalue weighted by Gasteiger charge is -2.14. The average molecular weight is 361 g/mol. The number of benzene rings is 1. The van der Waals surface area contributed by atoms with Crippen LogP contribution < -0.4 is 10.1 Å². The van der Waals surface area contributed by atoms with Crippen molar-refractivity contribution >= 4 is 11.9 Å². The molecule has 1 aromatic heterocycles. The Hall–Kier alpha value is -3.20. The molecule has 138 valence electrons. The highest BCUT2D eigenvalue weighted by atomic mass is 16.5. The van der Waals surface area contributed by atoms with E-state index in [9.17, 15) is 9.59 Å². The van der Waals surface area contributed by atoms with Crippen molar-refractivity contribution in [2.45, 2.75) is 19.6 Å². The van der Waals surface area contributed by atoms with E-state index in [0.717, 1.165) is 0 Å². The lowest BCUT2D eigenvalue weighted by atomic mass is 10.2. The Morgan fingerprint density at radius 3 is 2.92 bits per heavy atom. The Morgan fingerprint density at radius 2 is 2.27 bits per heavy atom. The second kappa shape index (κ2) is 9.33. The highest BCUT2D eigenvalue weighted by Crippen LogP contribution is 2.15. The van der Waals surface area contributed by atoms with Crippen LogP contribution in [0.1, 0.15) is 22.1 Å². The van der Waals surface area contributed by atoms with Crippen LogP contribution in [0.4, 0.5) is 0 Å². The van der Waals surface area contributed by atoms with E-state index in [4.69, 9.17) is 19.1 Å². The van der Waals surface area contributed by atoms with Crippen LogP contribution in [0.2, 0.25) is 0 Å². The van der Waals surface area contributed by atoms with Crippen LogP contribution in [0.25, 0.3) is 0 Å². The van der Waals surface area contributed by atoms with Crippen molar-refractivity contribution in [3.63, 3.8) is 0 Å². The van der Waals surface area contributed by atoms with Crippen molar-refractivity contribution in [1.82, 2.24) is 15.5 Å². The summed E-state index contributed by atoms with van der Waals surface area (Å²) >= 11 is 0. The van der Waals surface area contributed by atoms with E-state index in [0.29, 0.717) is 17.5 Å². The maximum absolute atomic E-state index is 12.3. The summed E-state index contributed by atoms with van der Waals surface area (Å²) in [6, 6.07) is 5.14. The number of hydrogen-bond acceptors (Lipinski definition) is 7. The average Bonchev–Trinajstić information content (AvgIpc) is 3.04. The zero-order chi connectivity index (χ0) is 18.9. The molecule has 1 aromatic carbocycles. The van der Waals surface area contributed by atoms with Crippen LogP contribution in [0.15, 0.2) is 41.4 Å². The van der Waals surface area contributed by atoms with Crippen molar-refractivity contribution in [2.24, 2.45) is 0 Å². The summed E-state index contributed by atoms with van der Waals surface area (Å²) < 4.78 is 15.4. The summed E-state index contributed by atoms with van der Waals surface area (Å²) in [5, 5.41) is 15.3. The first-order valence-electron chi connectivity index (χ1n) is 7.74. The van der Waals surface area contributed by atoms with Crippen LogP contribution >= 0.6 is 0 Å². The fraction of sp³-hybridized carbons (Fsp3) is 0.294. The molecule has 0 saturated heterocycles. The first-order chi connectivity index (χ1) is 12.5. The van der Waals surface area contributed by atoms with Gasteiger partial charge in [0.25, 0.3) is 5.91 Å². The van der Waals surface area contributed by atoms with Gasteiger partial charge < -0.3 is 24.4 Å². The van der Waals surface area contributed by atoms with Gasteiger partial charge in [-0.2, -0.15) is 4.98 Å². The number of carboxylic acid groups (broad SMARTS) is 1. The zero-order valence-electron chi connectivity index (χ0n) is 14.2. The van der Waals surface area contributed by atoms with Crippen molar-refractivity contribution in [1.29, 1.82) is 0 Å². The van der Waals surface area contributed by atoms with E-state index in [1.165, 1.54) is 12.1 Å². The van der Waals surface area contributed by atoms with E-state index < -0.39 is 17.9 Å². The van der Waals surface area contributed by atoms with E-state index in [-0.39, 0.29) is 25.4 Å². The van der Waals surface area contributed by atoms with Gasteiger partial charge in [-0.25, -0.2) is 4.79 Å².